The molecule has 1 saturated heterocycles. The van der Waals surface area contributed by atoms with E-state index in [1.165, 1.54) is 32.9 Å². The van der Waals surface area contributed by atoms with E-state index >= 15 is 0 Å². The quantitative estimate of drug-likeness (QED) is 0.566. The highest BCUT2D eigenvalue weighted by molar-refractivity contribution is 7.89. The number of nitrogens with zero attached hydrogens (tertiary/aromatic N) is 4. The average molecular weight is 477 g/mol. The Morgan fingerprint density at radius 1 is 0.828 bits per heavy atom. The highest BCUT2D eigenvalue weighted by Gasteiger charge is 2.35. The van der Waals surface area contributed by atoms with Crippen molar-refractivity contribution in [3.8, 4) is 0 Å². The van der Waals surface area contributed by atoms with Crippen LogP contribution < -0.4 is 0 Å². The van der Waals surface area contributed by atoms with Crippen LogP contribution in [0.2, 0.25) is 10.0 Å². The highest BCUT2D eigenvalue weighted by Crippen LogP contribution is 2.29. The number of benzene rings is 2. The van der Waals surface area contributed by atoms with Crippen LogP contribution >= 0.6 is 23.2 Å². The summed E-state index contributed by atoms with van der Waals surface area (Å²) in [4.78, 5) is -0.146. The van der Waals surface area contributed by atoms with Crippen LogP contribution in [0.5, 0.6) is 0 Å². The van der Waals surface area contributed by atoms with Crippen LogP contribution in [0.25, 0.3) is 11.0 Å². The molecule has 29 heavy (non-hydrogen) atoms. The molecule has 0 atom stereocenters. The Bertz CT molecular complexity index is 1290. The topological polar surface area (TPSA) is 114 Å². The van der Waals surface area contributed by atoms with Gasteiger partial charge in [-0.2, -0.15) is 8.61 Å². The predicted molar refractivity (Wildman–Crippen MR) is 106 cm³/mol. The molecule has 2 heterocycles. The van der Waals surface area contributed by atoms with Crippen molar-refractivity contribution >= 4 is 54.3 Å². The molecule has 0 aliphatic carbocycles. The standard InChI is InChI=1S/C16H14Cl2N4O5S2/c17-11-4-5-12(18)15(10-11)29(25,26)22-8-6-21(7-9-22)28(23,24)14-3-1-2-13-16(14)20-27-19-13/h1-5,10H,6-9H2. The van der Waals surface area contributed by atoms with Crippen LogP contribution in [-0.2, 0) is 20.0 Å². The van der Waals surface area contributed by atoms with Crippen molar-refractivity contribution in [3.05, 3.63) is 46.4 Å². The smallest absolute Gasteiger partial charge is 0.243 e. The Hall–Kier alpha value is -1.76. The molecular weight excluding hydrogens is 463 g/mol. The lowest BCUT2D eigenvalue weighted by atomic mass is 10.3. The largest absolute Gasteiger partial charge is 0.245 e. The maximum absolute atomic E-state index is 13.0. The van der Waals surface area contributed by atoms with Crippen molar-refractivity contribution in [2.75, 3.05) is 26.2 Å². The third-order valence-electron chi connectivity index (χ3n) is 4.58. The van der Waals surface area contributed by atoms with Gasteiger partial charge in [0.1, 0.15) is 15.3 Å². The molecule has 1 aliphatic rings. The maximum Gasteiger partial charge on any atom is 0.245 e. The number of fused-ring (bicyclic) bond motifs is 1. The minimum Gasteiger partial charge on any atom is -0.243 e. The molecule has 1 aromatic heterocycles. The van der Waals surface area contributed by atoms with Gasteiger partial charge < -0.3 is 0 Å². The second kappa shape index (κ2) is 7.49. The summed E-state index contributed by atoms with van der Waals surface area (Å²) in [5.41, 5.74) is 0.455. The van der Waals surface area contributed by atoms with Crippen molar-refractivity contribution in [2.24, 2.45) is 0 Å². The van der Waals surface area contributed by atoms with Crippen LogP contribution in [-0.4, -0.2) is 61.9 Å². The normalized spacial score (nSPS) is 17.0. The second-order valence-corrected chi connectivity index (χ2v) is 10.9. The number of rotatable bonds is 4. The van der Waals surface area contributed by atoms with E-state index in [4.69, 9.17) is 23.2 Å². The summed E-state index contributed by atoms with van der Waals surface area (Å²) in [6.45, 7) is -0.113. The van der Waals surface area contributed by atoms with E-state index in [0.717, 1.165) is 0 Å². The van der Waals surface area contributed by atoms with Gasteiger partial charge >= 0.3 is 0 Å². The van der Waals surface area contributed by atoms with E-state index in [-0.39, 0.29) is 51.5 Å². The Morgan fingerprint density at radius 3 is 2.10 bits per heavy atom. The average Bonchev–Trinajstić information content (AvgIpc) is 3.18. The van der Waals surface area contributed by atoms with Gasteiger partial charge in [-0.15, -0.1) is 0 Å². The van der Waals surface area contributed by atoms with Crippen LogP contribution in [0, 0.1) is 0 Å². The first-order chi connectivity index (χ1) is 13.7. The molecule has 154 valence electrons. The zero-order valence-corrected chi connectivity index (χ0v) is 17.8. The Morgan fingerprint density at radius 2 is 1.45 bits per heavy atom. The Labute approximate surface area is 176 Å². The number of piperazine rings is 1. The van der Waals surface area contributed by atoms with Crippen LogP contribution in [0.1, 0.15) is 0 Å². The molecule has 9 nitrogen and oxygen atoms in total. The van der Waals surface area contributed by atoms with Gasteiger partial charge in [0.2, 0.25) is 20.0 Å². The monoisotopic (exact) mass is 476 g/mol. The lowest BCUT2D eigenvalue weighted by molar-refractivity contribution is 0.273. The van der Waals surface area contributed by atoms with Gasteiger partial charge in [-0.05, 0) is 40.6 Å². The van der Waals surface area contributed by atoms with Gasteiger partial charge in [0, 0.05) is 31.2 Å². The second-order valence-electron chi connectivity index (χ2n) is 6.27. The molecule has 0 N–H and O–H groups in total. The SMILES string of the molecule is O=S(=O)(c1cc(Cl)ccc1Cl)N1CCN(S(=O)(=O)c2cccc3nonc23)CC1. The number of halogens is 2. The number of aromatic nitrogens is 2. The van der Waals surface area contributed by atoms with Crippen molar-refractivity contribution in [1.29, 1.82) is 0 Å². The maximum atomic E-state index is 13.0. The molecule has 0 radical (unpaired) electrons. The molecule has 2 aromatic carbocycles. The molecule has 0 amide bonds. The summed E-state index contributed by atoms with van der Waals surface area (Å²) < 4.78 is 58.9. The lowest BCUT2D eigenvalue weighted by Crippen LogP contribution is -2.50. The van der Waals surface area contributed by atoms with Gasteiger partial charge in [-0.1, -0.05) is 29.3 Å². The number of sulfonamides is 2. The van der Waals surface area contributed by atoms with Crippen molar-refractivity contribution in [2.45, 2.75) is 9.79 Å². The van der Waals surface area contributed by atoms with Crippen LogP contribution in [0.3, 0.4) is 0 Å². The number of hydrogen-bond acceptors (Lipinski definition) is 7. The van der Waals surface area contributed by atoms with Gasteiger partial charge in [-0.25, -0.2) is 21.5 Å². The summed E-state index contributed by atoms with van der Waals surface area (Å²) in [5, 5.41) is 7.61. The minimum atomic E-state index is -3.92. The fraction of sp³-hybridized carbons (Fsp3) is 0.250. The van der Waals surface area contributed by atoms with Crippen molar-refractivity contribution < 1.29 is 21.5 Å². The van der Waals surface area contributed by atoms with Gasteiger partial charge in [-0.3, -0.25) is 0 Å². The highest BCUT2D eigenvalue weighted by atomic mass is 35.5. The molecule has 0 spiro atoms. The molecular formula is C16H14Cl2N4O5S2. The summed E-state index contributed by atoms with van der Waals surface area (Å²) in [7, 11) is -7.82. The summed E-state index contributed by atoms with van der Waals surface area (Å²) in [6.07, 6.45) is 0. The molecule has 0 saturated carbocycles. The first-order valence-electron chi connectivity index (χ1n) is 8.38. The van der Waals surface area contributed by atoms with Crippen LogP contribution in [0.15, 0.2) is 50.8 Å². The summed E-state index contributed by atoms with van der Waals surface area (Å²) in [5.74, 6) is 0. The van der Waals surface area contributed by atoms with Gasteiger partial charge in [0.05, 0.1) is 5.02 Å². The molecule has 13 heteroatoms. The van der Waals surface area contributed by atoms with E-state index in [0.29, 0.717) is 5.52 Å². The van der Waals surface area contributed by atoms with E-state index < -0.39 is 20.0 Å². The summed E-state index contributed by atoms with van der Waals surface area (Å²) in [6, 6.07) is 8.72. The zero-order chi connectivity index (χ0) is 20.8. The van der Waals surface area contributed by atoms with E-state index in [9.17, 15) is 16.8 Å². The Balaban J connectivity index is 1.58. The van der Waals surface area contributed by atoms with E-state index in [2.05, 4.69) is 14.9 Å². The minimum absolute atomic E-state index is 0.0264. The van der Waals surface area contributed by atoms with E-state index in [1.807, 2.05) is 0 Å². The predicted octanol–water partition coefficient (Wildman–Crippen LogP) is 2.22. The first kappa shape index (κ1) is 20.5. The summed E-state index contributed by atoms with van der Waals surface area (Å²) >= 11 is 11.9. The molecule has 1 aliphatic heterocycles. The molecule has 0 unspecified atom stereocenters. The number of hydrogen-bond donors (Lipinski definition) is 0. The van der Waals surface area contributed by atoms with E-state index in [1.54, 1.807) is 12.1 Å². The zero-order valence-electron chi connectivity index (χ0n) is 14.7. The fourth-order valence-corrected chi connectivity index (χ4v) is 6.81. The fourth-order valence-electron chi connectivity index (χ4n) is 3.09. The van der Waals surface area contributed by atoms with Crippen molar-refractivity contribution in [3.63, 3.8) is 0 Å². The first-order valence-corrected chi connectivity index (χ1v) is 12.0. The molecule has 4 rings (SSSR count). The van der Waals surface area contributed by atoms with Gasteiger partial charge in [0.25, 0.3) is 0 Å². The van der Waals surface area contributed by atoms with Crippen LogP contribution in [0.4, 0.5) is 0 Å². The lowest BCUT2D eigenvalue weighted by Gasteiger charge is -2.33. The van der Waals surface area contributed by atoms with Crippen molar-refractivity contribution in [1.82, 2.24) is 18.9 Å². The third kappa shape index (κ3) is 3.62. The molecule has 0 bridgehead atoms. The third-order valence-corrected chi connectivity index (χ3v) is 9.12. The van der Waals surface area contributed by atoms with Gasteiger partial charge in [0.15, 0.2) is 5.52 Å². The Kier molecular flexibility index (Phi) is 5.30. The molecule has 1 fully saturated rings. The molecule has 3 aromatic rings.